The third-order valence-electron chi connectivity index (χ3n) is 4.26. The summed E-state index contributed by atoms with van der Waals surface area (Å²) in [6, 6.07) is 10.8. The van der Waals surface area contributed by atoms with Crippen molar-refractivity contribution in [1.29, 1.82) is 0 Å². The van der Waals surface area contributed by atoms with E-state index in [-0.39, 0.29) is 11.9 Å². The van der Waals surface area contributed by atoms with Crippen LogP contribution in [0.4, 0.5) is 0 Å². The Bertz CT molecular complexity index is 677. The maximum Gasteiger partial charge on any atom is 0.277 e. The molecule has 1 amide bonds. The summed E-state index contributed by atoms with van der Waals surface area (Å²) in [5.74, 6) is 0.849. The summed E-state index contributed by atoms with van der Waals surface area (Å²) >= 11 is 1.28. The summed E-state index contributed by atoms with van der Waals surface area (Å²) in [6.45, 7) is 4.80. The monoisotopic (exact) mass is 360 g/mol. The molecule has 2 aromatic rings. The second-order valence-corrected chi connectivity index (χ2v) is 7.25. The molecular weight excluding hydrogens is 336 g/mol. The molecule has 1 atom stereocenters. The van der Waals surface area contributed by atoms with E-state index in [1.165, 1.54) is 17.3 Å². The van der Waals surface area contributed by atoms with Gasteiger partial charge in [-0.2, -0.15) is 0 Å². The number of hydrogen-bond acceptors (Lipinski definition) is 6. The number of carbonyl (C=O) groups excluding carboxylic acids is 1. The number of thioether (sulfide) groups is 1. The molecule has 0 bridgehead atoms. The highest BCUT2D eigenvalue weighted by Crippen LogP contribution is 2.16. The van der Waals surface area contributed by atoms with Gasteiger partial charge in [0.05, 0.1) is 5.75 Å². The summed E-state index contributed by atoms with van der Waals surface area (Å²) in [6.07, 6.45) is 3.21. The molecule has 3 rings (SSSR count). The molecule has 1 fully saturated rings. The van der Waals surface area contributed by atoms with Gasteiger partial charge in [-0.25, -0.2) is 0 Å². The molecule has 1 N–H and O–H groups in total. The van der Waals surface area contributed by atoms with Gasteiger partial charge in [-0.15, -0.1) is 10.2 Å². The minimum Gasteiger partial charge on any atom is -0.416 e. The molecule has 7 heteroatoms. The fourth-order valence-electron chi connectivity index (χ4n) is 3.04. The first kappa shape index (κ1) is 17.9. The second kappa shape index (κ2) is 9.01. The molecule has 1 aromatic heterocycles. The van der Waals surface area contributed by atoms with Gasteiger partial charge in [0.15, 0.2) is 0 Å². The standard InChI is InChI=1S/C18H24N4O2S/c1-14-20-21-18(24-14)25-13-17(23)19-16-8-5-10-22(12-16)11-9-15-6-3-2-4-7-15/h2-4,6-7,16H,5,8-13H2,1H3,(H,19,23). The first-order valence-electron chi connectivity index (χ1n) is 8.67. The van der Waals surface area contributed by atoms with Crippen LogP contribution in [0.25, 0.3) is 0 Å². The summed E-state index contributed by atoms with van der Waals surface area (Å²) in [5.41, 5.74) is 1.36. The predicted molar refractivity (Wildman–Crippen MR) is 97.5 cm³/mol. The molecule has 1 aliphatic rings. The van der Waals surface area contributed by atoms with E-state index in [0.29, 0.717) is 16.9 Å². The molecule has 0 aliphatic carbocycles. The number of rotatable bonds is 7. The van der Waals surface area contributed by atoms with Crippen molar-refractivity contribution in [1.82, 2.24) is 20.4 Å². The fraction of sp³-hybridized carbons (Fsp3) is 0.500. The number of hydrogen-bond donors (Lipinski definition) is 1. The number of piperidine rings is 1. The number of nitrogens with one attached hydrogen (secondary N) is 1. The zero-order chi connectivity index (χ0) is 17.5. The maximum atomic E-state index is 12.1. The van der Waals surface area contributed by atoms with E-state index in [2.05, 4.69) is 44.7 Å². The molecule has 1 saturated heterocycles. The van der Waals surface area contributed by atoms with Gasteiger partial charge in [0.2, 0.25) is 11.8 Å². The van der Waals surface area contributed by atoms with Gasteiger partial charge in [0.1, 0.15) is 0 Å². The van der Waals surface area contributed by atoms with Crippen molar-refractivity contribution >= 4 is 17.7 Å². The Kier molecular flexibility index (Phi) is 6.47. The molecular formula is C18H24N4O2S. The molecule has 25 heavy (non-hydrogen) atoms. The largest absolute Gasteiger partial charge is 0.416 e. The van der Waals surface area contributed by atoms with Crippen molar-refractivity contribution < 1.29 is 9.21 Å². The lowest BCUT2D eigenvalue weighted by Gasteiger charge is -2.33. The lowest BCUT2D eigenvalue weighted by molar-refractivity contribution is -0.119. The molecule has 0 spiro atoms. The smallest absolute Gasteiger partial charge is 0.277 e. The van der Waals surface area contributed by atoms with Crippen LogP contribution in [0, 0.1) is 6.92 Å². The van der Waals surface area contributed by atoms with E-state index >= 15 is 0 Å². The highest BCUT2D eigenvalue weighted by atomic mass is 32.2. The van der Waals surface area contributed by atoms with Gasteiger partial charge in [0, 0.05) is 26.1 Å². The first-order valence-corrected chi connectivity index (χ1v) is 9.66. The Morgan fingerprint density at radius 2 is 2.20 bits per heavy atom. The van der Waals surface area contributed by atoms with E-state index in [4.69, 9.17) is 4.42 Å². The van der Waals surface area contributed by atoms with Gasteiger partial charge in [-0.3, -0.25) is 4.79 Å². The summed E-state index contributed by atoms with van der Waals surface area (Å²) < 4.78 is 5.27. The summed E-state index contributed by atoms with van der Waals surface area (Å²) in [5, 5.41) is 11.2. The summed E-state index contributed by atoms with van der Waals surface area (Å²) in [4.78, 5) is 14.6. The van der Waals surface area contributed by atoms with Crippen LogP contribution in [0.5, 0.6) is 0 Å². The zero-order valence-corrected chi connectivity index (χ0v) is 15.3. The van der Waals surface area contributed by atoms with E-state index < -0.39 is 0 Å². The van der Waals surface area contributed by atoms with Crippen LogP contribution in [-0.2, 0) is 11.2 Å². The third kappa shape index (κ3) is 5.86. The fourth-order valence-corrected chi connectivity index (χ4v) is 3.66. The number of carbonyl (C=O) groups is 1. The molecule has 6 nitrogen and oxygen atoms in total. The zero-order valence-electron chi connectivity index (χ0n) is 14.5. The van der Waals surface area contributed by atoms with Crippen LogP contribution in [-0.4, -0.2) is 52.4 Å². The van der Waals surface area contributed by atoms with E-state index in [9.17, 15) is 4.79 Å². The molecule has 1 aromatic carbocycles. The number of benzene rings is 1. The lowest BCUT2D eigenvalue weighted by Crippen LogP contribution is -2.48. The lowest BCUT2D eigenvalue weighted by atomic mass is 10.0. The average Bonchev–Trinajstić information content (AvgIpc) is 3.05. The van der Waals surface area contributed by atoms with E-state index in [1.54, 1.807) is 6.92 Å². The summed E-state index contributed by atoms with van der Waals surface area (Å²) in [7, 11) is 0. The van der Waals surface area contributed by atoms with Crippen molar-refractivity contribution in [2.45, 2.75) is 37.5 Å². The van der Waals surface area contributed by atoms with Gasteiger partial charge >= 0.3 is 0 Å². The highest BCUT2D eigenvalue weighted by molar-refractivity contribution is 7.99. The Morgan fingerprint density at radius 3 is 2.96 bits per heavy atom. The predicted octanol–water partition coefficient (Wildman–Crippen LogP) is 2.29. The number of nitrogens with zero attached hydrogens (tertiary/aromatic N) is 3. The molecule has 1 aliphatic heterocycles. The minimum atomic E-state index is 0.0239. The Morgan fingerprint density at radius 1 is 1.36 bits per heavy atom. The van der Waals surface area contributed by atoms with Gasteiger partial charge in [-0.05, 0) is 31.4 Å². The molecule has 0 saturated carbocycles. The number of amides is 1. The minimum absolute atomic E-state index is 0.0239. The van der Waals surface area contributed by atoms with Gasteiger partial charge in [-0.1, -0.05) is 42.1 Å². The van der Waals surface area contributed by atoms with Crippen LogP contribution in [0.3, 0.4) is 0 Å². The van der Waals surface area contributed by atoms with E-state index in [1.807, 2.05) is 6.07 Å². The Balaban J connectivity index is 1.39. The highest BCUT2D eigenvalue weighted by Gasteiger charge is 2.21. The van der Waals surface area contributed by atoms with Crippen molar-refractivity contribution in [2.24, 2.45) is 0 Å². The number of likely N-dealkylation sites (tertiary alicyclic amines) is 1. The van der Waals surface area contributed by atoms with E-state index in [0.717, 1.165) is 38.9 Å². The molecule has 2 heterocycles. The van der Waals surface area contributed by atoms with Crippen LogP contribution in [0.1, 0.15) is 24.3 Å². The number of aromatic nitrogens is 2. The van der Waals surface area contributed by atoms with Gasteiger partial charge < -0.3 is 14.6 Å². The van der Waals surface area contributed by atoms with Crippen LogP contribution in [0.2, 0.25) is 0 Å². The Hall–Kier alpha value is -1.86. The molecule has 1 unspecified atom stereocenters. The van der Waals surface area contributed by atoms with Crippen LogP contribution >= 0.6 is 11.8 Å². The quantitative estimate of drug-likeness (QED) is 0.764. The Labute approximate surface area is 152 Å². The SMILES string of the molecule is Cc1nnc(SCC(=O)NC2CCCN(CCc3ccccc3)C2)o1. The second-order valence-electron chi connectivity index (χ2n) is 6.32. The van der Waals surface area contributed by atoms with Crippen molar-refractivity contribution in [3.8, 4) is 0 Å². The van der Waals surface area contributed by atoms with Crippen molar-refractivity contribution in [3.63, 3.8) is 0 Å². The van der Waals surface area contributed by atoms with Crippen molar-refractivity contribution in [2.75, 3.05) is 25.4 Å². The maximum absolute atomic E-state index is 12.1. The van der Waals surface area contributed by atoms with Gasteiger partial charge in [0.25, 0.3) is 5.22 Å². The topological polar surface area (TPSA) is 71.3 Å². The molecule has 0 radical (unpaired) electrons. The third-order valence-corrected chi connectivity index (χ3v) is 5.08. The van der Waals surface area contributed by atoms with Crippen LogP contribution < -0.4 is 5.32 Å². The van der Waals surface area contributed by atoms with Crippen LogP contribution in [0.15, 0.2) is 40.0 Å². The number of aryl methyl sites for hydroxylation is 1. The normalized spacial score (nSPS) is 18.2. The average molecular weight is 360 g/mol. The van der Waals surface area contributed by atoms with Crippen molar-refractivity contribution in [3.05, 3.63) is 41.8 Å². The first-order chi connectivity index (χ1) is 12.2. The molecule has 134 valence electrons.